The van der Waals surface area contributed by atoms with Gasteiger partial charge in [0.05, 0.1) is 10.5 Å². The van der Waals surface area contributed by atoms with Crippen molar-refractivity contribution in [1.29, 1.82) is 0 Å². The first-order valence-corrected chi connectivity index (χ1v) is 9.85. The topological polar surface area (TPSA) is 51.6 Å². The summed E-state index contributed by atoms with van der Waals surface area (Å²) in [5, 5.41) is 11.2. The van der Waals surface area contributed by atoms with E-state index in [1.54, 1.807) is 36.0 Å². The SMILES string of the molecule is Cn1c(=O)c(-c2ccc(Cl)cc2Cl)cc2c3cc(C4C=CN=N4)ccc3n(C)c21. The van der Waals surface area contributed by atoms with Crippen molar-refractivity contribution in [2.24, 2.45) is 24.3 Å². The molecule has 0 fully saturated rings. The molecule has 5 rings (SSSR count). The van der Waals surface area contributed by atoms with Crippen LogP contribution in [0.5, 0.6) is 0 Å². The average Bonchev–Trinajstić information content (AvgIpc) is 3.32. The van der Waals surface area contributed by atoms with Crippen molar-refractivity contribution in [2.75, 3.05) is 0 Å². The predicted molar refractivity (Wildman–Crippen MR) is 118 cm³/mol. The smallest absolute Gasteiger partial charge is 0.259 e. The van der Waals surface area contributed by atoms with Crippen molar-refractivity contribution in [3.8, 4) is 11.1 Å². The second-order valence-corrected chi connectivity index (χ2v) is 7.98. The van der Waals surface area contributed by atoms with Crippen LogP contribution in [0.4, 0.5) is 0 Å². The molecule has 144 valence electrons. The fourth-order valence-corrected chi connectivity index (χ4v) is 4.55. The predicted octanol–water partition coefficient (Wildman–Crippen LogP) is 6.02. The summed E-state index contributed by atoms with van der Waals surface area (Å²) < 4.78 is 3.71. The first-order chi connectivity index (χ1) is 14.0. The van der Waals surface area contributed by atoms with E-state index >= 15 is 0 Å². The van der Waals surface area contributed by atoms with Gasteiger partial charge >= 0.3 is 0 Å². The van der Waals surface area contributed by atoms with Gasteiger partial charge in [0.2, 0.25) is 0 Å². The lowest BCUT2D eigenvalue weighted by Crippen LogP contribution is -2.20. The molecule has 1 aliphatic heterocycles. The lowest BCUT2D eigenvalue weighted by atomic mass is 10.0. The molecule has 0 bridgehead atoms. The lowest BCUT2D eigenvalue weighted by Gasteiger charge is -2.09. The number of pyridine rings is 1. The molecule has 0 aliphatic carbocycles. The number of hydrogen-bond donors (Lipinski definition) is 0. The summed E-state index contributed by atoms with van der Waals surface area (Å²) in [6.45, 7) is 0. The number of benzene rings is 2. The van der Waals surface area contributed by atoms with Crippen LogP contribution in [0.15, 0.2) is 69.8 Å². The zero-order valence-corrected chi connectivity index (χ0v) is 17.2. The Labute approximate surface area is 176 Å². The van der Waals surface area contributed by atoms with Crippen molar-refractivity contribution in [3.63, 3.8) is 0 Å². The number of rotatable bonds is 2. The van der Waals surface area contributed by atoms with Gasteiger partial charge in [-0.15, -0.1) is 0 Å². The number of aryl methyl sites for hydroxylation is 2. The molecule has 5 nitrogen and oxygen atoms in total. The number of azo groups is 1. The minimum Gasteiger partial charge on any atom is -0.330 e. The van der Waals surface area contributed by atoms with Crippen LogP contribution in [0, 0.1) is 0 Å². The standard InChI is InChI=1S/C22H16Cl2N4O/c1-27-20-6-3-12(19-7-8-25-26-19)9-15(20)16-11-17(22(29)28(2)21(16)27)14-5-4-13(23)10-18(14)24/h3-11,19H,1-2H3. The molecule has 2 aromatic heterocycles. The Balaban J connectivity index is 1.85. The summed E-state index contributed by atoms with van der Waals surface area (Å²) in [4.78, 5) is 13.1. The van der Waals surface area contributed by atoms with Crippen LogP contribution in [0.25, 0.3) is 33.1 Å². The zero-order chi connectivity index (χ0) is 20.3. The monoisotopic (exact) mass is 422 g/mol. The molecule has 1 atom stereocenters. The third-order valence-electron chi connectivity index (χ3n) is 5.46. The molecular weight excluding hydrogens is 407 g/mol. The van der Waals surface area contributed by atoms with E-state index in [0.29, 0.717) is 21.2 Å². The van der Waals surface area contributed by atoms with Gasteiger partial charge in [0, 0.05) is 47.2 Å². The van der Waals surface area contributed by atoms with E-state index in [1.807, 2.05) is 23.8 Å². The Kier molecular flexibility index (Phi) is 4.12. The maximum absolute atomic E-state index is 13.1. The number of nitrogens with zero attached hydrogens (tertiary/aromatic N) is 4. The van der Waals surface area contributed by atoms with Crippen LogP contribution >= 0.6 is 23.2 Å². The molecule has 29 heavy (non-hydrogen) atoms. The van der Waals surface area contributed by atoms with Gasteiger partial charge in [0.1, 0.15) is 11.7 Å². The van der Waals surface area contributed by atoms with Crippen LogP contribution in [0.2, 0.25) is 10.0 Å². The number of hydrogen-bond acceptors (Lipinski definition) is 3. The molecule has 0 radical (unpaired) electrons. The number of halogens is 2. The molecule has 1 unspecified atom stereocenters. The van der Waals surface area contributed by atoms with Crippen molar-refractivity contribution in [1.82, 2.24) is 9.13 Å². The second kappa shape index (κ2) is 6.58. The minimum atomic E-state index is -0.111. The van der Waals surface area contributed by atoms with Gasteiger partial charge in [0.15, 0.2) is 0 Å². The highest BCUT2D eigenvalue weighted by atomic mass is 35.5. The van der Waals surface area contributed by atoms with Crippen LogP contribution in [-0.2, 0) is 14.1 Å². The molecule has 4 aromatic rings. The first-order valence-electron chi connectivity index (χ1n) is 9.10. The summed E-state index contributed by atoms with van der Waals surface area (Å²) in [7, 11) is 3.75. The third kappa shape index (κ3) is 2.73. The van der Waals surface area contributed by atoms with Gasteiger partial charge in [-0.3, -0.25) is 9.36 Å². The molecule has 0 amide bonds. The minimum absolute atomic E-state index is 0.0765. The summed E-state index contributed by atoms with van der Waals surface area (Å²) in [5.74, 6) is 0. The Hall–Kier alpha value is -2.89. The summed E-state index contributed by atoms with van der Waals surface area (Å²) in [5.41, 5.74) is 4.04. The molecule has 7 heteroatoms. The van der Waals surface area contributed by atoms with Crippen molar-refractivity contribution < 1.29 is 0 Å². The second-order valence-electron chi connectivity index (χ2n) is 7.14. The lowest BCUT2D eigenvalue weighted by molar-refractivity contribution is 0.846. The highest BCUT2D eigenvalue weighted by Crippen LogP contribution is 2.35. The van der Waals surface area contributed by atoms with Crippen molar-refractivity contribution in [2.45, 2.75) is 6.04 Å². The van der Waals surface area contributed by atoms with Gasteiger partial charge < -0.3 is 4.57 Å². The molecule has 3 heterocycles. The summed E-state index contributed by atoms with van der Waals surface area (Å²) >= 11 is 12.4. The zero-order valence-electron chi connectivity index (χ0n) is 15.7. The van der Waals surface area contributed by atoms with E-state index in [1.165, 1.54) is 0 Å². The Morgan fingerprint density at radius 3 is 2.48 bits per heavy atom. The van der Waals surface area contributed by atoms with E-state index in [4.69, 9.17) is 23.2 Å². The Morgan fingerprint density at radius 1 is 0.931 bits per heavy atom. The van der Waals surface area contributed by atoms with E-state index in [0.717, 1.165) is 27.5 Å². The molecular formula is C22H16Cl2N4O. The van der Waals surface area contributed by atoms with Gasteiger partial charge in [-0.05, 0) is 42.0 Å². The van der Waals surface area contributed by atoms with Gasteiger partial charge in [0.25, 0.3) is 5.56 Å². The molecule has 1 aliphatic rings. The highest BCUT2D eigenvalue weighted by Gasteiger charge is 2.19. The highest BCUT2D eigenvalue weighted by molar-refractivity contribution is 6.36. The van der Waals surface area contributed by atoms with Gasteiger partial charge in [-0.1, -0.05) is 35.3 Å². The maximum Gasteiger partial charge on any atom is 0.259 e. The van der Waals surface area contributed by atoms with Crippen LogP contribution < -0.4 is 5.56 Å². The molecule has 0 saturated carbocycles. The van der Waals surface area contributed by atoms with Crippen LogP contribution in [-0.4, -0.2) is 9.13 Å². The van der Waals surface area contributed by atoms with Gasteiger partial charge in [-0.25, -0.2) is 0 Å². The molecule has 0 saturated heterocycles. The molecule has 0 spiro atoms. The Morgan fingerprint density at radius 2 is 1.76 bits per heavy atom. The number of aromatic nitrogens is 2. The van der Waals surface area contributed by atoms with Crippen LogP contribution in [0.3, 0.4) is 0 Å². The Bertz CT molecular complexity index is 1420. The fourth-order valence-electron chi connectivity index (χ4n) is 4.04. The number of fused-ring (bicyclic) bond motifs is 3. The van der Waals surface area contributed by atoms with Gasteiger partial charge in [-0.2, -0.15) is 10.2 Å². The first kappa shape index (κ1) is 18.2. The van der Waals surface area contributed by atoms with Crippen LogP contribution in [0.1, 0.15) is 11.6 Å². The van der Waals surface area contributed by atoms with Crippen molar-refractivity contribution >= 4 is 45.1 Å². The fraction of sp³-hybridized carbons (Fsp3) is 0.136. The van der Waals surface area contributed by atoms with Crippen molar-refractivity contribution in [3.05, 3.63) is 80.7 Å². The van der Waals surface area contributed by atoms with E-state index in [9.17, 15) is 4.79 Å². The quantitative estimate of drug-likeness (QED) is 0.389. The third-order valence-corrected chi connectivity index (χ3v) is 6.01. The molecule has 0 N–H and O–H groups in total. The maximum atomic E-state index is 13.1. The molecule has 2 aromatic carbocycles. The van der Waals surface area contributed by atoms with E-state index < -0.39 is 0 Å². The normalized spacial score (nSPS) is 15.8. The van der Waals surface area contributed by atoms with E-state index in [-0.39, 0.29) is 11.6 Å². The average molecular weight is 423 g/mol. The summed E-state index contributed by atoms with van der Waals surface area (Å²) in [6, 6.07) is 13.3. The largest absolute Gasteiger partial charge is 0.330 e. The van der Waals surface area contributed by atoms with E-state index in [2.05, 4.69) is 28.4 Å². The summed E-state index contributed by atoms with van der Waals surface area (Å²) in [6.07, 6.45) is 3.67.